The van der Waals surface area contributed by atoms with Gasteiger partial charge in [0.1, 0.15) is 10.6 Å². The minimum Gasteiger partial charge on any atom is -0.319 e. The first kappa shape index (κ1) is 14.1. The Morgan fingerprint density at radius 1 is 1.20 bits per heavy atom. The maximum atomic E-state index is 12.0. The molecule has 1 aromatic carbocycles. The van der Waals surface area contributed by atoms with Gasteiger partial charge < -0.3 is 5.32 Å². The summed E-state index contributed by atoms with van der Waals surface area (Å²) in [6.07, 6.45) is 2.75. The second-order valence-electron chi connectivity index (χ2n) is 4.04. The highest BCUT2D eigenvalue weighted by Crippen LogP contribution is 2.19. The monoisotopic (exact) mass is 292 g/mol. The molecule has 0 spiro atoms. The molecule has 0 unspecified atom stereocenters. The highest BCUT2D eigenvalue weighted by atomic mass is 32.2. The van der Waals surface area contributed by atoms with Crippen LogP contribution in [0.25, 0.3) is 0 Å². The molecule has 2 rings (SSSR count). The summed E-state index contributed by atoms with van der Waals surface area (Å²) in [6, 6.07) is 5.86. The number of carbonyl (C=O) groups is 1. The van der Waals surface area contributed by atoms with E-state index in [0.717, 1.165) is 0 Å². The Morgan fingerprint density at radius 2 is 1.90 bits per heavy atom. The first-order valence-corrected chi connectivity index (χ1v) is 7.14. The van der Waals surface area contributed by atoms with Crippen LogP contribution in [0, 0.1) is 6.92 Å². The van der Waals surface area contributed by atoms with Crippen molar-refractivity contribution in [3.8, 4) is 0 Å². The molecule has 0 atom stereocenters. The third-order valence-corrected chi connectivity index (χ3v) is 3.42. The number of aryl methyl sites for hydroxylation is 1. The van der Waals surface area contributed by atoms with Crippen LogP contribution in [-0.2, 0) is 10.0 Å². The molecule has 1 amide bonds. The number of hydrogen-bond donors (Lipinski definition) is 2. The molecule has 2 aromatic rings. The summed E-state index contributed by atoms with van der Waals surface area (Å²) in [5.41, 5.74) is 0.855. The van der Waals surface area contributed by atoms with Gasteiger partial charge in [-0.05, 0) is 19.1 Å². The normalized spacial score (nSPS) is 11.1. The van der Waals surface area contributed by atoms with Gasteiger partial charge in [0, 0.05) is 6.20 Å². The van der Waals surface area contributed by atoms with E-state index in [1.807, 2.05) is 0 Å². The molecule has 0 saturated carbocycles. The van der Waals surface area contributed by atoms with E-state index in [1.165, 1.54) is 30.6 Å². The smallest absolute Gasteiger partial charge is 0.275 e. The lowest BCUT2D eigenvalue weighted by Crippen LogP contribution is -2.19. The number of para-hydroxylation sites is 1. The van der Waals surface area contributed by atoms with Crippen molar-refractivity contribution in [3.63, 3.8) is 0 Å². The van der Waals surface area contributed by atoms with Crippen LogP contribution < -0.4 is 10.5 Å². The molecule has 3 N–H and O–H groups in total. The SMILES string of the molecule is Cc1cnc(C(=O)Nc2ccccc2S(N)(=O)=O)cn1. The molecule has 7 nitrogen and oxygen atoms in total. The lowest BCUT2D eigenvalue weighted by atomic mass is 10.3. The topological polar surface area (TPSA) is 115 Å². The number of sulfonamides is 1. The number of carbonyl (C=O) groups excluding carboxylic acids is 1. The van der Waals surface area contributed by atoms with Crippen molar-refractivity contribution in [2.45, 2.75) is 11.8 Å². The van der Waals surface area contributed by atoms with Gasteiger partial charge in [-0.2, -0.15) is 0 Å². The van der Waals surface area contributed by atoms with Gasteiger partial charge in [0.25, 0.3) is 5.91 Å². The summed E-state index contributed by atoms with van der Waals surface area (Å²) in [5.74, 6) is -0.561. The molecule has 0 saturated heterocycles. The predicted molar refractivity (Wildman–Crippen MR) is 72.5 cm³/mol. The average Bonchev–Trinajstić information content (AvgIpc) is 2.38. The van der Waals surface area contributed by atoms with E-state index in [9.17, 15) is 13.2 Å². The number of nitrogens with two attached hydrogens (primary N) is 1. The Bertz CT molecular complexity index is 742. The van der Waals surface area contributed by atoms with E-state index in [2.05, 4.69) is 15.3 Å². The van der Waals surface area contributed by atoms with Gasteiger partial charge in [0.05, 0.1) is 17.6 Å². The zero-order valence-corrected chi connectivity index (χ0v) is 11.4. The quantitative estimate of drug-likeness (QED) is 0.863. The molecule has 0 aliphatic heterocycles. The van der Waals surface area contributed by atoms with Gasteiger partial charge in [-0.15, -0.1) is 0 Å². The molecule has 1 heterocycles. The van der Waals surface area contributed by atoms with Crippen molar-refractivity contribution in [2.24, 2.45) is 5.14 Å². The third kappa shape index (κ3) is 3.16. The Labute approximate surface area is 115 Å². The van der Waals surface area contributed by atoms with Crippen LogP contribution in [0.2, 0.25) is 0 Å². The van der Waals surface area contributed by atoms with E-state index in [4.69, 9.17) is 5.14 Å². The third-order valence-electron chi connectivity index (χ3n) is 2.46. The maximum Gasteiger partial charge on any atom is 0.275 e. The average molecular weight is 292 g/mol. The summed E-state index contributed by atoms with van der Waals surface area (Å²) in [4.78, 5) is 19.7. The van der Waals surface area contributed by atoms with Gasteiger partial charge in [0.2, 0.25) is 10.0 Å². The van der Waals surface area contributed by atoms with Crippen LogP contribution in [0.4, 0.5) is 5.69 Å². The number of anilines is 1. The van der Waals surface area contributed by atoms with Gasteiger partial charge in [-0.1, -0.05) is 12.1 Å². The number of primary sulfonamides is 1. The summed E-state index contributed by atoms with van der Waals surface area (Å²) in [5, 5.41) is 7.54. The Balaban J connectivity index is 2.31. The summed E-state index contributed by atoms with van der Waals surface area (Å²) in [7, 11) is -3.92. The fourth-order valence-electron chi connectivity index (χ4n) is 1.51. The first-order chi connectivity index (χ1) is 9.38. The van der Waals surface area contributed by atoms with Crippen molar-refractivity contribution < 1.29 is 13.2 Å². The number of amides is 1. The van der Waals surface area contributed by atoms with Crippen LogP contribution >= 0.6 is 0 Å². The van der Waals surface area contributed by atoms with E-state index >= 15 is 0 Å². The van der Waals surface area contributed by atoms with Crippen LogP contribution in [0.5, 0.6) is 0 Å². The largest absolute Gasteiger partial charge is 0.319 e. The van der Waals surface area contributed by atoms with Crippen LogP contribution in [0.15, 0.2) is 41.6 Å². The zero-order valence-electron chi connectivity index (χ0n) is 10.6. The van der Waals surface area contributed by atoms with E-state index in [0.29, 0.717) is 5.69 Å². The molecule has 0 radical (unpaired) electrons. The second-order valence-corrected chi connectivity index (χ2v) is 5.57. The van der Waals surface area contributed by atoms with E-state index in [-0.39, 0.29) is 16.3 Å². The fraction of sp³-hybridized carbons (Fsp3) is 0.0833. The van der Waals surface area contributed by atoms with Crippen LogP contribution in [0.1, 0.15) is 16.2 Å². The van der Waals surface area contributed by atoms with E-state index in [1.54, 1.807) is 13.0 Å². The van der Waals surface area contributed by atoms with Crippen molar-refractivity contribution in [3.05, 3.63) is 48.0 Å². The van der Waals surface area contributed by atoms with Crippen molar-refractivity contribution >= 4 is 21.6 Å². The van der Waals surface area contributed by atoms with Crippen molar-refractivity contribution in [2.75, 3.05) is 5.32 Å². The van der Waals surface area contributed by atoms with Crippen LogP contribution in [0.3, 0.4) is 0 Å². The van der Waals surface area contributed by atoms with Crippen LogP contribution in [-0.4, -0.2) is 24.3 Å². The molecule has 8 heteroatoms. The molecule has 1 aromatic heterocycles. The van der Waals surface area contributed by atoms with Gasteiger partial charge in [-0.3, -0.25) is 9.78 Å². The van der Waals surface area contributed by atoms with Gasteiger partial charge in [0.15, 0.2) is 0 Å². The zero-order chi connectivity index (χ0) is 14.8. The molecular formula is C12H12N4O3S. The number of nitrogens with one attached hydrogen (secondary N) is 1. The number of hydrogen-bond acceptors (Lipinski definition) is 5. The van der Waals surface area contributed by atoms with Crippen molar-refractivity contribution in [1.82, 2.24) is 9.97 Å². The first-order valence-electron chi connectivity index (χ1n) is 5.60. The number of aromatic nitrogens is 2. The second kappa shape index (κ2) is 5.35. The van der Waals surface area contributed by atoms with Gasteiger partial charge in [-0.25, -0.2) is 18.5 Å². The predicted octanol–water partition coefficient (Wildman–Crippen LogP) is 0.685. The Morgan fingerprint density at radius 3 is 2.50 bits per heavy atom. The lowest BCUT2D eigenvalue weighted by Gasteiger charge is -2.08. The molecule has 0 fully saturated rings. The molecule has 0 aliphatic carbocycles. The number of rotatable bonds is 3. The highest BCUT2D eigenvalue weighted by molar-refractivity contribution is 7.89. The fourth-order valence-corrected chi connectivity index (χ4v) is 2.21. The summed E-state index contributed by atoms with van der Waals surface area (Å²) in [6.45, 7) is 1.74. The number of benzene rings is 1. The Hall–Kier alpha value is -2.32. The number of nitrogens with zero attached hydrogens (tertiary/aromatic N) is 2. The van der Waals surface area contributed by atoms with E-state index < -0.39 is 15.9 Å². The maximum absolute atomic E-state index is 12.0. The molecule has 0 bridgehead atoms. The molecular weight excluding hydrogens is 280 g/mol. The molecule has 0 aliphatic rings. The Kier molecular flexibility index (Phi) is 3.77. The lowest BCUT2D eigenvalue weighted by molar-refractivity contribution is 0.102. The van der Waals surface area contributed by atoms with Gasteiger partial charge >= 0.3 is 0 Å². The van der Waals surface area contributed by atoms with Crippen molar-refractivity contribution in [1.29, 1.82) is 0 Å². The molecule has 104 valence electrons. The standard InChI is InChI=1S/C12H12N4O3S/c1-8-6-15-10(7-14-8)12(17)16-9-4-2-3-5-11(9)20(13,18)19/h2-7H,1H3,(H,16,17)(H2,13,18,19). The molecule has 20 heavy (non-hydrogen) atoms. The summed E-state index contributed by atoms with van der Waals surface area (Å²) >= 11 is 0. The minimum atomic E-state index is -3.92. The highest BCUT2D eigenvalue weighted by Gasteiger charge is 2.16. The summed E-state index contributed by atoms with van der Waals surface area (Å²) < 4.78 is 22.8. The minimum absolute atomic E-state index is 0.0832.